The van der Waals surface area contributed by atoms with Gasteiger partial charge in [-0.05, 0) is 34.9 Å². The molecule has 0 N–H and O–H groups in total. The van der Waals surface area contributed by atoms with E-state index in [4.69, 9.17) is 4.89 Å². The van der Waals surface area contributed by atoms with Gasteiger partial charge in [0, 0.05) is 0 Å². The van der Waals surface area contributed by atoms with E-state index in [1.54, 1.807) is 6.07 Å². The van der Waals surface area contributed by atoms with Crippen LogP contribution in [0.1, 0.15) is 46.6 Å². The van der Waals surface area contributed by atoms with Crippen LogP contribution in [0, 0.1) is 5.41 Å². The molecule has 3 nitrogen and oxygen atoms in total. The van der Waals surface area contributed by atoms with Gasteiger partial charge in [0.05, 0.1) is 0 Å². The zero-order chi connectivity index (χ0) is 13.8. The second-order valence-electron chi connectivity index (χ2n) is 6.42. The monoisotopic (exact) mass is 250 g/mol. The lowest BCUT2D eigenvalue weighted by molar-refractivity contribution is -0.196. The number of carbonyl (C=O) groups excluding carboxylic acids is 1. The average molecular weight is 250 g/mol. The van der Waals surface area contributed by atoms with Gasteiger partial charge in [0.25, 0.3) is 0 Å². The quantitative estimate of drug-likeness (QED) is 0.452. The minimum absolute atomic E-state index is 0.0405. The third-order valence-electron chi connectivity index (χ3n) is 2.77. The maximum absolute atomic E-state index is 10.1. The van der Waals surface area contributed by atoms with Crippen LogP contribution in [0.3, 0.4) is 0 Å². The summed E-state index contributed by atoms with van der Waals surface area (Å²) in [5.74, 6) is 0.543. The van der Waals surface area contributed by atoms with Gasteiger partial charge in [-0.2, -0.15) is 0 Å². The molecule has 0 bridgehead atoms. The lowest BCUT2D eigenvalue weighted by Crippen LogP contribution is -2.24. The van der Waals surface area contributed by atoms with Crippen LogP contribution in [-0.4, -0.2) is 6.47 Å². The van der Waals surface area contributed by atoms with Crippen molar-refractivity contribution in [3.63, 3.8) is 0 Å². The average Bonchev–Trinajstić information content (AvgIpc) is 2.23. The molecular weight excluding hydrogens is 228 g/mol. The molecule has 0 heterocycles. The van der Waals surface area contributed by atoms with Crippen LogP contribution in [0.5, 0.6) is 5.75 Å². The molecule has 3 heteroatoms. The zero-order valence-corrected chi connectivity index (χ0v) is 11.8. The number of rotatable bonds is 5. The molecule has 0 aromatic heterocycles. The standard InChI is InChI=1S/C15H22O3/c1-14(2,3)10-15(4,5)12-7-6-8-13(9-12)18-17-11-16/h6-9,11H,10H2,1-5H3. The smallest absolute Gasteiger partial charge is 0.287 e. The van der Waals surface area contributed by atoms with Crippen LogP contribution in [-0.2, 0) is 15.1 Å². The van der Waals surface area contributed by atoms with Gasteiger partial charge < -0.3 is 0 Å². The first-order valence-corrected chi connectivity index (χ1v) is 6.12. The van der Waals surface area contributed by atoms with E-state index in [9.17, 15) is 4.79 Å². The van der Waals surface area contributed by atoms with Crippen molar-refractivity contribution < 1.29 is 14.6 Å². The van der Waals surface area contributed by atoms with Crippen LogP contribution in [0.25, 0.3) is 0 Å². The number of hydrogen-bond donors (Lipinski definition) is 0. The molecule has 1 rings (SSSR count). The molecule has 100 valence electrons. The molecule has 0 saturated heterocycles. The molecule has 0 aliphatic rings. The Kier molecular flexibility index (Phi) is 4.38. The van der Waals surface area contributed by atoms with Gasteiger partial charge >= 0.3 is 6.47 Å². The normalized spacial score (nSPS) is 12.1. The largest absolute Gasteiger partial charge is 0.343 e. The van der Waals surface area contributed by atoms with E-state index in [2.05, 4.69) is 45.6 Å². The maximum Gasteiger partial charge on any atom is 0.343 e. The van der Waals surface area contributed by atoms with Gasteiger partial charge in [-0.25, -0.2) is 0 Å². The molecule has 0 aliphatic carbocycles. The van der Waals surface area contributed by atoms with Crippen LogP contribution >= 0.6 is 0 Å². The lowest BCUT2D eigenvalue weighted by atomic mass is 9.72. The van der Waals surface area contributed by atoms with Gasteiger partial charge in [0.2, 0.25) is 0 Å². The van der Waals surface area contributed by atoms with Gasteiger partial charge in [-0.1, -0.05) is 46.8 Å². The molecule has 0 amide bonds. The second-order valence-corrected chi connectivity index (χ2v) is 6.42. The highest BCUT2D eigenvalue weighted by molar-refractivity contribution is 5.37. The first-order valence-electron chi connectivity index (χ1n) is 6.12. The molecule has 0 fully saturated rings. The first-order chi connectivity index (χ1) is 8.24. The van der Waals surface area contributed by atoms with E-state index < -0.39 is 0 Å². The molecule has 0 radical (unpaired) electrons. The fraction of sp³-hybridized carbons (Fsp3) is 0.533. The van der Waals surface area contributed by atoms with Gasteiger partial charge in [-0.15, -0.1) is 0 Å². The van der Waals surface area contributed by atoms with Gasteiger partial charge in [0.1, 0.15) is 0 Å². The molecule has 0 saturated carbocycles. The molecule has 0 unspecified atom stereocenters. The van der Waals surface area contributed by atoms with Crippen molar-refractivity contribution in [2.24, 2.45) is 5.41 Å². The third kappa shape index (κ3) is 4.40. The predicted octanol–water partition coefficient (Wildman–Crippen LogP) is 3.87. The Balaban J connectivity index is 2.90. The Hall–Kier alpha value is -1.51. The Morgan fingerprint density at radius 1 is 1.17 bits per heavy atom. The molecular formula is C15H22O3. The summed E-state index contributed by atoms with van der Waals surface area (Å²) < 4.78 is 0. The van der Waals surface area contributed by atoms with Crippen molar-refractivity contribution in [2.45, 2.75) is 46.5 Å². The maximum atomic E-state index is 10.1. The minimum Gasteiger partial charge on any atom is -0.287 e. The van der Waals surface area contributed by atoms with Gasteiger partial charge in [0.15, 0.2) is 5.75 Å². The highest BCUT2D eigenvalue weighted by Gasteiger charge is 2.27. The molecule has 0 spiro atoms. The van der Waals surface area contributed by atoms with Crippen molar-refractivity contribution in [2.75, 3.05) is 0 Å². The van der Waals surface area contributed by atoms with Crippen LogP contribution in [0.2, 0.25) is 0 Å². The summed E-state index contributed by atoms with van der Waals surface area (Å²) in [6.45, 7) is 11.4. The van der Waals surface area contributed by atoms with Crippen molar-refractivity contribution in [1.29, 1.82) is 0 Å². The Morgan fingerprint density at radius 2 is 1.83 bits per heavy atom. The minimum atomic E-state index is 0.0405. The molecule has 18 heavy (non-hydrogen) atoms. The van der Waals surface area contributed by atoms with Crippen LogP contribution < -0.4 is 4.89 Å². The Morgan fingerprint density at radius 3 is 2.39 bits per heavy atom. The number of hydrogen-bond acceptors (Lipinski definition) is 3. The highest BCUT2D eigenvalue weighted by atomic mass is 17.2. The van der Waals surface area contributed by atoms with Crippen molar-refractivity contribution in [1.82, 2.24) is 0 Å². The van der Waals surface area contributed by atoms with Gasteiger partial charge in [-0.3, -0.25) is 14.6 Å². The second kappa shape index (κ2) is 5.42. The summed E-state index contributed by atoms with van der Waals surface area (Å²) in [7, 11) is 0. The predicted molar refractivity (Wildman–Crippen MR) is 71.3 cm³/mol. The summed E-state index contributed by atoms with van der Waals surface area (Å²) in [6, 6.07) is 7.65. The molecule has 0 aliphatic heterocycles. The number of benzene rings is 1. The Labute approximate surface area is 109 Å². The molecule has 1 aromatic carbocycles. The van der Waals surface area contributed by atoms with Crippen molar-refractivity contribution in [3.05, 3.63) is 29.8 Å². The van der Waals surface area contributed by atoms with Crippen molar-refractivity contribution in [3.8, 4) is 5.75 Å². The topological polar surface area (TPSA) is 35.5 Å². The highest BCUT2D eigenvalue weighted by Crippen LogP contribution is 2.37. The summed E-state index contributed by atoms with van der Waals surface area (Å²) in [6.07, 6.45) is 1.05. The lowest BCUT2D eigenvalue weighted by Gasteiger charge is -2.33. The van der Waals surface area contributed by atoms with E-state index >= 15 is 0 Å². The SMILES string of the molecule is CC(C)(C)CC(C)(C)c1cccc(OOC=O)c1. The van der Waals surface area contributed by atoms with Crippen molar-refractivity contribution >= 4 is 6.47 Å². The first kappa shape index (κ1) is 14.6. The zero-order valence-electron chi connectivity index (χ0n) is 11.8. The summed E-state index contributed by atoms with van der Waals surface area (Å²) in [5, 5.41) is 0. The van der Waals surface area contributed by atoms with E-state index in [1.165, 1.54) is 5.56 Å². The van der Waals surface area contributed by atoms with Crippen LogP contribution in [0.15, 0.2) is 24.3 Å². The molecule has 0 atom stereocenters. The van der Waals surface area contributed by atoms with E-state index in [1.807, 2.05) is 12.1 Å². The Bertz CT molecular complexity index is 402. The van der Waals surface area contributed by atoms with E-state index in [-0.39, 0.29) is 17.3 Å². The van der Waals surface area contributed by atoms with E-state index in [0.29, 0.717) is 5.75 Å². The summed E-state index contributed by atoms with van der Waals surface area (Å²) in [5.41, 5.74) is 1.46. The summed E-state index contributed by atoms with van der Waals surface area (Å²) in [4.78, 5) is 19.3. The summed E-state index contributed by atoms with van der Waals surface area (Å²) >= 11 is 0. The van der Waals surface area contributed by atoms with E-state index in [0.717, 1.165) is 6.42 Å². The third-order valence-corrected chi connectivity index (χ3v) is 2.77. The fourth-order valence-corrected chi connectivity index (χ4v) is 2.47. The number of carbonyl (C=O) groups is 1. The fourth-order valence-electron chi connectivity index (χ4n) is 2.47. The van der Waals surface area contributed by atoms with Crippen LogP contribution in [0.4, 0.5) is 0 Å². The molecule has 1 aromatic rings.